The lowest BCUT2D eigenvalue weighted by Gasteiger charge is -1.93. The highest BCUT2D eigenvalue weighted by Crippen LogP contribution is 2.07. The first kappa shape index (κ1) is 6.78. The van der Waals surface area contributed by atoms with Gasteiger partial charge in [0.1, 0.15) is 17.7 Å². The Kier molecular flexibility index (Phi) is 1.69. The van der Waals surface area contributed by atoms with Gasteiger partial charge in [-0.15, -0.1) is 10.2 Å². The zero-order valence-electron chi connectivity index (χ0n) is 6.12. The van der Waals surface area contributed by atoms with Crippen LogP contribution in [0.3, 0.4) is 0 Å². The monoisotopic (exact) mass is 159 g/mol. The molecule has 2 rings (SSSR count). The summed E-state index contributed by atoms with van der Waals surface area (Å²) in [7, 11) is 0. The molecule has 0 aliphatic heterocycles. The Labute approximate surface area is 68.5 Å². The van der Waals surface area contributed by atoms with Gasteiger partial charge in [-0.1, -0.05) is 0 Å². The summed E-state index contributed by atoms with van der Waals surface area (Å²) >= 11 is 0. The van der Waals surface area contributed by atoms with Crippen LogP contribution < -0.4 is 0 Å². The molecule has 2 heterocycles. The lowest BCUT2D eigenvalue weighted by Crippen LogP contribution is -1.90. The van der Waals surface area contributed by atoms with E-state index in [1.807, 2.05) is 6.07 Å². The molecule has 5 nitrogen and oxygen atoms in total. The van der Waals surface area contributed by atoms with Crippen molar-refractivity contribution in [3.8, 4) is 11.4 Å². The van der Waals surface area contributed by atoms with Crippen molar-refractivity contribution >= 4 is 0 Å². The van der Waals surface area contributed by atoms with Gasteiger partial charge < -0.3 is 0 Å². The fourth-order valence-electron chi connectivity index (χ4n) is 0.810. The number of hydrogen-bond acceptors (Lipinski definition) is 5. The summed E-state index contributed by atoms with van der Waals surface area (Å²) in [5, 5.41) is 14.8. The van der Waals surface area contributed by atoms with Gasteiger partial charge in [0, 0.05) is 6.20 Å². The number of rotatable bonds is 1. The van der Waals surface area contributed by atoms with E-state index in [0.29, 0.717) is 11.4 Å². The Balaban J connectivity index is 2.46. The van der Waals surface area contributed by atoms with E-state index >= 15 is 0 Å². The summed E-state index contributed by atoms with van der Waals surface area (Å²) in [5.41, 5.74) is 1.38. The highest BCUT2D eigenvalue weighted by molar-refractivity contribution is 5.50. The first-order chi connectivity index (χ1) is 5.97. The lowest BCUT2D eigenvalue weighted by atomic mass is 10.3. The third-order valence-electron chi connectivity index (χ3n) is 1.33. The molecule has 0 amide bonds. The Hall–Kier alpha value is -1.91. The number of hydrogen-bond donors (Lipinski definition) is 0. The van der Waals surface area contributed by atoms with Crippen molar-refractivity contribution in [3.05, 3.63) is 30.9 Å². The van der Waals surface area contributed by atoms with E-state index in [1.165, 1.54) is 6.33 Å². The topological polar surface area (TPSA) is 64.5 Å². The maximum atomic E-state index is 3.97. The molecule has 0 saturated heterocycles. The van der Waals surface area contributed by atoms with Gasteiger partial charge in [0.15, 0.2) is 0 Å². The van der Waals surface area contributed by atoms with Crippen LogP contribution in [0.15, 0.2) is 30.9 Å². The lowest BCUT2D eigenvalue weighted by molar-refractivity contribution is 0.956. The predicted octanol–water partition coefficient (Wildman–Crippen LogP) is 0.329. The highest BCUT2D eigenvalue weighted by Gasteiger charge is 1.98. The molecular formula is C7H5N5. The quantitative estimate of drug-likeness (QED) is 0.599. The van der Waals surface area contributed by atoms with Gasteiger partial charge in [-0.3, -0.25) is 0 Å². The van der Waals surface area contributed by atoms with Crippen LogP contribution in [-0.2, 0) is 0 Å². The second kappa shape index (κ2) is 3.00. The van der Waals surface area contributed by atoms with Gasteiger partial charge in [-0.25, -0.2) is 4.98 Å². The maximum Gasteiger partial charge on any atom is 0.138 e. The van der Waals surface area contributed by atoms with E-state index in [2.05, 4.69) is 25.4 Å². The molecule has 2 aromatic rings. The smallest absolute Gasteiger partial charge is 0.138 e. The summed E-state index contributed by atoms with van der Waals surface area (Å²) in [5.74, 6) is 0. The van der Waals surface area contributed by atoms with Crippen LogP contribution in [0.4, 0.5) is 0 Å². The molecule has 2 aromatic heterocycles. The average Bonchev–Trinajstić information content (AvgIpc) is 2.21. The Bertz CT molecular complexity index is 309. The Morgan fingerprint density at radius 3 is 2.67 bits per heavy atom. The Morgan fingerprint density at radius 2 is 2.00 bits per heavy atom. The third-order valence-corrected chi connectivity index (χ3v) is 1.33. The molecule has 0 unspecified atom stereocenters. The van der Waals surface area contributed by atoms with Crippen LogP contribution >= 0.6 is 0 Å². The fraction of sp³-hybridized carbons (Fsp3) is 0. The molecule has 5 heteroatoms. The van der Waals surface area contributed by atoms with E-state index in [1.54, 1.807) is 18.5 Å². The van der Waals surface area contributed by atoms with Gasteiger partial charge in [0.25, 0.3) is 0 Å². The standard InChI is InChI=1S/C7H5N5/c1-2-6(12-9-3-1)7-4-10-11-5-8-7/h1-5H. The number of aromatic nitrogens is 5. The molecule has 0 fully saturated rings. The second-order valence-electron chi connectivity index (χ2n) is 2.10. The molecule has 0 saturated carbocycles. The molecule has 0 atom stereocenters. The molecule has 0 aliphatic rings. The molecule has 0 N–H and O–H groups in total. The van der Waals surface area contributed by atoms with E-state index in [4.69, 9.17) is 0 Å². The first-order valence-corrected chi connectivity index (χ1v) is 3.37. The summed E-state index contributed by atoms with van der Waals surface area (Å²) < 4.78 is 0. The van der Waals surface area contributed by atoms with Gasteiger partial charge in [0.05, 0.1) is 6.20 Å². The van der Waals surface area contributed by atoms with Crippen LogP contribution in [0.5, 0.6) is 0 Å². The summed E-state index contributed by atoms with van der Waals surface area (Å²) in [4.78, 5) is 3.97. The van der Waals surface area contributed by atoms with Crippen molar-refractivity contribution in [2.75, 3.05) is 0 Å². The molecule has 0 radical (unpaired) electrons. The van der Waals surface area contributed by atoms with E-state index < -0.39 is 0 Å². The molecule has 0 aromatic carbocycles. The molecule has 0 bridgehead atoms. The molecule has 0 aliphatic carbocycles. The Morgan fingerprint density at radius 1 is 1.00 bits per heavy atom. The van der Waals surface area contributed by atoms with Crippen LogP contribution in [0, 0.1) is 0 Å². The zero-order valence-corrected chi connectivity index (χ0v) is 6.12. The summed E-state index contributed by atoms with van der Waals surface area (Å²) in [6.45, 7) is 0. The maximum absolute atomic E-state index is 3.97. The van der Waals surface area contributed by atoms with Crippen LogP contribution in [0.25, 0.3) is 11.4 Å². The fourth-order valence-corrected chi connectivity index (χ4v) is 0.810. The third kappa shape index (κ3) is 1.24. The van der Waals surface area contributed by atoms with Crippen LogP contribution in [0.2, 0.25) is 0 Å². The minimum atomic E-state index is 0.679. The predicted molar refractivity (Wildman–Crippen MR) is 40.9 cm³/mol. The minimum absolute atomic E-state index is 0.679. The minimum Gasteiger partial charge on any atom is -0.231 e. The van der Waals surface area contributed by atoms with E-state index in [-0.39, 0.29) is 0 Å². The molecule has 0 spiro atoms. The molecular weight excluding hydrogens is 154 g/mol. The van der Waals surface area contributed by atoms with Crippen molar-refractivity contribution in [1.29, 1.82) is 0 Å². The van der Waals surface area contributed by atoms with Crippen molar-refractivity contribution < 1.29 is 0 Å². The van der Waals surface area contributed by atoms with E-state index in [9.17, 15) is 0 Å². The van der Waals surface area contributed by atoms with Crippen molar-refractivity contribution in [1.82, 2.24) is 25.4 Å². The normalized spacial score (nSPS) is 9.67. The van der Waals surface area contributed by atoms with Gasteiger partial charge in [-0.2, -0.15) is 10.2 Å². The van der Waals surface area contributed by atoms with Crippen molar-refractivity contribution in [2.24, 2.45) is 0 Å². The highest BCUT2D eigenvalue weighted by atomic mass is 15.1. The largest absolute Gasteiger partial charge is 0.231 e. The van der Waals surface area contributed by atoms with Gasteiger partial charge >= 0.3 is 0 Å². The van der Waals surface area contributed by atoms with E-state index in [0.717, 1.165) is 0 Å². The van der Waals surface area contributed by atoms with Gasteiger partial charge in [0.2, 0.25) is 0 Å². The number of nitrogens with zero attached hydrogens (tertiary/aromatic N) is 5. The SMILES string of the molecule is c1cnnc(-c2cnncn2)c1. The average molecular weight is 159 g/mol. The molecule has 12 heavy (non-hydrogen) atoms. The van der Waals surface area contributed by atoms with Crippen LogP contribution in [0.1, 0.15) is 0 Å². The van der Waals surface area contributed by atoms with Crippen molar-refractivity contribution in [2.45, 2.75) is 0 Å². The van der Waals surface area contributed by atoms with Crippen LogP contribution in [-0.4, -0.2) is 25.4 Å². The van der Waals surface area contributed by atoms with Crippen molar-refractivity contribution in [3.63, 3.8) is 0 Å². The second-order valence-corrected chi connectivity index (χ2v) is 2.10. The first-order valence-electron chi connectivity index (χ1n) is 3.37. The zero-order chi connectivity index (χ0) is 8.23. The van der Waals surface area contributed by atoms with Gasteiger partial charge in [-0.05, 0) is 12.1 Å². The summed E-state index contributed by atoms with van der Waals surface area (Å²) in [6.07, 6.45) is 4.53. The molecule has 58 valence electrons. The summed E-state index contributed by atoms with van der Waals surface area (Å²) in [6, 6.07) is 3.61.